The summed E-state index contributed by atoms with van der Waals surface area (Å²) in [6.45, 7) is 4.75. The fourth-order valence-electron chi connectivity index (χ4n) is 8.02. The number of aliphatic carboxylic acids is 1. The summed E-state index contributed by atoms with van der Waals surface area (Å²) < 4.78 is 22.8. The molecule has 9 nitrogen and oxygen atoms in total. The molecule has 0 spiro atoms. The number of nitrogens with zero attached hydrogens (tertiary/aromatic N) is 1. The molecule has 0 aromatic carbocycles. The van der Waals surface area contributed by atoms with Crippen molar-refractivity contribution >= 4 is 17.9 Å². The second kappa shape index (κ2) is 53.0. The van der Waals surface area contributed by atoms with Crippen molar-refractivity contribution in [1.82, 2.24) is 0 Å². The van der Waals surface area contributed by atoms with Gasteiger partial charge in [-0.15, -0.1) is 0 Å². The van der Waals surface area contributed by atoms with Gasteiger partial charge in [0.25, 0.3) is 6.29 Å². The molecular weight excluding hydrogens is 887 g/mol. The Morgan fingerprint density at radius 2 is 0.803 bits per heavy atom. The van der Waals surface area contributed by atoms with Gasteiger partial charge in [-0.2, -0.15) is 0 Å². The van der Waals surface area contributed by atoms with Crippen LogP contribution < -0.4 is 0 Å². The molecule has 0 aliphatic carbocycles. The fraction of sp³-hybridized carbons (Fsp3) is 0.758. The highest BCUT2D eigenvalue weighted by molar-refractivity contribution is 5.71. The molecule has 410 valence electrons. The third-order valence-electron chi connectivity index (χ3n) is 12.5. The average Bonchev–Trinajstić information content (AvgIpc) is 3.34. The van der Waals surface area contributed by atoms with Gasteiger partial charge in [0.1, 0.15) is 13.2 Å². The monoisotopic (exact) mass is 997 g/mol. The fourth-order valence-corrected chi connectivity index (χ4v) is 8.02. The van der Waals surface area contributed by atoms with E-state index in [9.17, 15) is 19.5 Å². The Morgan fingerprint density at radius 3 is 1.20 bits per heavy atom. The maximum absolute atomic E-state index is 12.8. The molecule has 0 radical (unpaired) electrons. The van der Waals surface area contributed by atoms with Crippen LogP contribution in [0.2, 0.25) is 0 Å². The first-order valence-electron chi connectivity index (χ1n) is 29.1. The molecule has 0 aromatic heterocycles. The van der Waals surface area contributed by atoms with Crippen LogP contribution in [0.15, 0.2) is 72.9 Å². The van der Waals surface area contributed by atoms with Crippen LogP contribution in [0.4, 0.5) is 0 Å². The van der Waals surface area contributed by atoms with Crippen LogP contribution in [0.3, 0.4) is 0 Å². The predicted molar refractivity (Wildman–Crippen MR) is 299 cm³/mol. The number of allylic oxidation sites excluding steroid dienone is 12. The number of hydrogen-bond acceptors (Lipinski definition) is 7. The standard InChI is InChI=1S/C62H109NO8/c1-6-8-10-12-14-16-17-18-19-20-21-22-23-24-25-26-27-28-29-30-31-32-33-34-35-36-37-38-39-40-41-42-43-45-47-49-51-53-60(65)71-58(57-70-62(61(66)67)68-55-54-63(3,4)5)56-69-59(64)52-50-48-46-44-15-13-11-9-7-2/h8,10,14,16,18-19,21-22,24-25,27-28,58,62H,6-7,9,11-13,15,17,20,23,26,29-57H2,1-5H3/p+1/b10-8-,16-14-,19-18-,22-21-,25-24-,28-27-. The second-order valence-corrected chi connectivity index (χ2v) is 20.6. The highest BCUT2D eigenvalue weighted by Crippen LogP contribution is 2.16. The van der Waals surface area contributed by atoms with Crippen LogP contribution in [0.5, 0.6) is 0 Å². The summed E-state index contributed by atoms with van der Waals surface area (Å²) in [4.78, 5) is 37.2. The quantitative estimate of drug-likeness (QED) is 0.0211. The number of unbranched alkanes of at least 4 members (excludes halogenated alkanes) is 26. The Hall–Kier alpha value is -3.27. The van der Waals surface area contributed by atoms with Crippen molar-refractivity contribution in [3.63, 3.8) is 0 Å². The summed E-state index contributed by atoms with van der Waals surface area (Å²) in [5, 5.41) is 9.66. The molecule has 0 fully saturated rings. The largest absolute Gasteiger partial charge is 0.477 e. The third kappa shape index (κ3) is 54.3. The number of quaternary nitrogens is 1. The van der Waals surface area contributed by atoms with Gasteiger partial charge >= 0.3 is 17.9 Å². The van der Waals surface area contributed by atoms with Gasteiger partial charge in [-0.3, -0.25) is 9.59 Å². The maximum atomic E-state index is 12.8. The maximum Gasteiger partial charge on any atom is 0.361 e. The molecule has 0 bridgehead atoms. The number of hydrogen-bond donors (Lipinski definition) is 1. The van der Waals surface area contributed by atoms with E-state index in [1.54, 1.807) is 0 Å². The molecule has 0 saturated carbocycles. The Labute approximate surface area is 437 Å². The molecule has 9 heteroatoms. The van der Waals surface area contributed by atoms with Crippen molar-refractivity contribution < 1.29 is 42.9 Å². The molecule has 1 N–H and O–H groups in total. The first kappa shape index (κ1) is 67.7. The lowest BCUT2D eigenvalue weighted by Gasteiger charge is -2.25. The number of carbonyl (C=O) groups excluding carboxylic acids is 2. The van der Waals surface area contributed by atoms with E-state index in [1.165, 1.54) is 141 Å². The van der Waals surface area contributed by atoms with Gasteiger partial charge < -0.3 is 28.5 Å². The van der Waals surface area contributed by atoms with E-state index in [0.29, 0.717) is 17.4 Å². The zero-order chi connectivity index (χ0) is 52.0. The van der Waals surface area contributed by atoms with Crippen molar-refractivity contribution in [3.05, 3.63) is 72.9 Å². The van der Waals surface area contributed by atoms with Crippen molar-refractivity contribution in [2.24, 2.45) is 0 Å². The van der Waals surface area contributed by atoms with E-state index >= 15 is 0 Å². The van der Waals surface area contributed by atoms with Gasteiger partial charge in [0.05, 0.1) is 34.4 Å². The topological polar surface area (TPSA) is 108 Å². The van der Waals surface area contributed by atoms with Gasteiger partial charge in [0.2, 0.25) is 0 Å². The summed E-state index contributed by atoms with van der Waals surface area (Å²) in [6.07, 6.45) is 65.8. The number of carbonyl (C=O) groups is 3. The number of carboxylic acid groups (broad SMARTS) is 1. The van der Waals surface area contributed by atoms with E-state index in [4.69, 9.17) is 18.9 Å². The molecule has 0 heterocycles. The minimum Gasteiger partial charge on any atom is -0.477 e. The van der Waals surface area contributed by atoms with Crippen molar-refractivity contribution in [1.29, 1.82) is 0 Å². The Morgan fingerprint density at radius 1 is 0.437 bits per heavy atom. The Balaban J connectivity index is 3.97. The highest BCUT2D eigenvalue weighted by atomic mass is 16.7. The Kier molecular flexibility index (Phi) is 50.6. The second-order valence-electron chi connectivity index (χ2n) is 20.6. The highest BCUT2D eigenvalue weighted by Gasteiger charge is 2.25. The molecule has 0 aliphatic rings. The normalized spacial score (nSPS) is 13.3. The van der Waals surface area contributed by atoms with Gasteiger partial charge in [0.15, 0.2) is 6.10 Å². The molecule has 0 aromatic rings. The smallest absolute Gasteiger partial charge is 0.361 e. The number of ether oxygens (including phenoxy) is 4. The number of rotatable bonds is 53. The first-order valence-corrected chi connectivity index (χ1v) is 29.1. The van der Waals surface area contributed by atoms with Crippen LogP contribution >= 0.6 is 0 Å². The summed E-state index contributed by atoms with van der Waals surface area (Å²) in [7, 11) is 5.96. The molecule has 2 unspecified atom stereocenters. The number of likely N-dealkylation sites (N-methyl/N-ethyl adjacent to an activating group) is 1. The van der Waals surface area contributed by atoms with E-state index in [1.807, 2.05) is 21.1 Å². The van der Waals surface area contributed by atoms with Gasteiger partial charge in [-0.05, 0) is 64.2 Å². The van der Waals surface area contributed by atoms with Gasteiger partial charge in [0, 0.05) is 12.8 Å². The lowest BCUT2D eigenvalue weighted by atomic mass is 10.0. The molecule has 0 rings (SSSR count). The van der Waals surface area contributed by atoms with E-state index in [-0.39, 0.29) is 32.2 Å². The van der Waals surface area contributed by atoms with Crippen LogP contribution in [-0.2, 0) is 33.3 Å². The van der Waals surface area contributed by atoms with E-state index in [2.05, 4.69) is 86.8 Å². The zero-order valence-corrected chi connectivity index (χ0v) is 46.6. The average molecular weight is 998 g/mol. The van der Waals surface area contributed by atoms with Crippen molar-refractivity contribution in [2.45, 2.75) is 257 Å². The van der Waals surface area contributed by atoms with Crippen LogP contribution in [-0.4, -0.2) is 87.4 Å². The molecule has 2 atom stereocenters. The lowest BCUT2D eigenvalue weighted by Crippen LogP contribution is -2.40. The molecule has 71 heavy (non-hydrogen) atoms. The van der Waals surface area contributed by atoms with Gasteiger partial charge in [-0.25, -0.2) is 4.79 Å². The zero-order valence-electron chi connectivity index (χ0n) is 46.6. The minimum absolute atomic E-state index is 0.180. The van der Waals surface area contributed by atoms with Crippen molar-refractivity contribution in [2.75, 3.05) is 47.5 Å². The predicted octanol–water partition coefficient (Wildman–Crippen LogP) is 17.0. The van der Waals surface area contributed by atoms with Gasteiger partial charge in [-0.1, -0.05) is 241 Å². The van der Waals surface area contributed by atoms with E-state index < -0.39 is 24.3 Å². The summed E-state index contributed by atoms with van der Waals surface area (Å²) in [5.41, 5.74) is 0. The van der Waals surface area contributed by atoms with Crippen LogP contribution in [0.25, 0.3) is 0 Å². The molecule has 0 aliphatic heterocycles. The summed E-state index contributed by atoms with van der Waals surface area (Å²) in [5.74, 6) is -2.00. The first-order chi connectivity index (χ1) is 34.6. The minimum atomic E-state index is -1.51. The number of carboxylic acids is 1. The summed E-state index contributed by atoms with van der Waals surface area (Å²) >= 11 is 0. The van der Waals surface area contributed by atoms with E-state index in [0.717, 1.165) is 77.0 Å². The van der Waals surface area contributed by atoms with Crippen molar-refractivity contribution in [3.8, 4) is 0 Å². The summed E-state index contributed by atoms with van der Waals surface area (Å²) in [6, 6.07) is 0. The molecular formula is C62H110NO8+. The number of esters is 2. The molecule has 0 saturated heterocycles. The third-order valence-corrected chi connectivity index (χ3v) is 12.5. The van der Waals surface area contributed by atoms with Crippen LogP contribution in [0, 0.1) is 0 Å². The SMILES string of the molecule is CC/C=C\C/C=C\C/C=C\C/C=C\C/C=C\C/C=C\CCCCCCCCCCCCCCCCCCCCC(=O)OC(COC(=O)CCCCCCCCCCC)COC(OCC[N+](C)(C)C)C(=O)O. The lowest BCUT2D eigenvalue weighted by molar-refractivity contribution is -0.870. The van der Waals surface area contributed by atoms with Crippen LogP contribution in [0.1, 0.15) is 245 Å². The molecule has 0 amide bonds. The Bertz CT molecular complexity index is 1390.